The van der Waals surface area contributed by atoms with Gasteiger partial charge in [-0.2, -0.15) is 0 Å². The Labute approximate surface area is 116 Å². The third kappa shape index (κ3) is 2.44. The number of thiophene rings is 1. The van der Waals surface area contributed by atoms with Gasteiger partial charge in [0.25, 0.3) is 0 Å². The summed E-state index contributed by atoms with van der Waals surface area (Å²) in [5, 5.41) is 5.29. The molecule has 0 aromatic carbocycles. The van der Waals surface area contributed by atoms with Crippen LogP contribution in [-0.4, -0.2) is 35.4 Å². The summed E-state index contributed by atoms with van der Waals surface area (Å²) in [6.07, 6.45) is 0.616. The molecule has 19 heavy (non-hydrogen) atoms. The van der Waals surface area contributed by atoms with Crippen molar-refractivity contribution in [1.29, 1.82) is 0 Å². The predicted molar refractivity (Wildman–Crippen MR) is 77.5 cm³/mol. The number of anilines is 1. The molecule has 7 heteroatoms. The summed E-state index contributed by atoms with van der Waals surface area (Å²) in [6.45, 7) is 3.78. The van der Waals surface area contributed by atoms with Crippen molar-refractivity contribution in [3.63, 3.8) is 0 Å². The van der Waals surface area contributed by atoms with Crippen molar-refractivity contribution >= 4 is 37.2 Å². The summed E-state index contributed by atoms with van der Waals surface area (Å²) in [5.41, 5.74) is 0.473. The molecule has 1 atom stereocenters. The van der Waals surface area contributed by atoms with E-state index in [9.17, 15) is 8.42 Å². The van der Waals surface area contributed by atoms with E-state index in [1.807, 2.05) is 25.3 Å². The predicted octanol–water partition coefficient (Wildman–Crippen LogP) is 1.99. The van der Waals surface area contributed by atoms with Crippen LogP contribution in [0.25, 0.3) is 10.2 Å². The highest BCUT2D eigenvalue weighted by Crippen LogP contribution is 2.32. The second-order valence-electron chi connectivity index (χ2n) is 5.28. The Hall–Kier alpha value is -1.21. The van der Waals surface area contributed by atoms with Crippen LogP contribution in [0.4, 0.5) is 5.82 Å². The van der Waals surface area contributed by atoms with Gasteiger partial charge in [0.15, 0.2) is 9.84 Å². The molecule has 1 saturated heterocycles. The van der Waals surface area contributed by atoms with Gasteiger partial charge in [-0.15, -0.1) is 11.3 Å². The van der Waals surface area contributed by atoms with E-state index >= 15 is 0 Å². The minimum absolute atomic E-state index is 0.163. The van der Waals surface area contributed by atoms with E-state index in [1.54, 1.807) is 11.3 Å². The van der Waals surface area contributed by atoms with Crippen LogP contribution in [0.5, 0.6) is 0 Å². The standard InChI is InChI=1S/C12H15N3O2S2/c1-8-13-9-3-5-18-10(9)11(14-8)15-12(2)4-6-19(16,17)7-12/h3,5H,4,6-7H2,1-2H3,(H,13,14,15). The lowest BCUT2D eigenvalue weighted by Gasteiger charge is -2.24. The smallest absolute Gasteiger partial charge is 0.152 e. The summed E-state index contributed by atoms with van der Waals surface area (Å²) < 4.78 is 24.3. The fourth-order valence-electron chi connectivity index (χ4n) is 2.46. The Bertz CT molecular complexity index is 739. The normalized spacial score (nSPS) is 25.8. The number of hydrogen-bond donors (Lipinski definition) is 1. The maximum atomic E-state index is 11.6. The molecule has 1 fully saturated rings. The SMILES string of the molecule is Cc1nc(NC2(C)CCS(=O)(=O)C2)c2sccc2n1. The third-order valence-corrected chi connectivity index (χ3v) is 6.15. The number of nitrogens with one attached hydrogen (secondary N) is 1. The summed E-state index contributed by atoms with van der Waals surface area (Å²) in [5.74, 6) is 1.85. The molecule has 1 aliphatic heterocycles. The van der Waals surface area contributed by atoms with Crippen molar-refractivity contribution < 1.29 is 8.42 Å². The number of fused-ring (bicyclic) bond motifs is 1. The molecule has 3 heterocycles. The molecule has 2 aromatic rings. The first-order chi connectivity index (χ1) is 8.87. The van der Waals surface area contributed by atoms with Gasteiger partial charge < -0.3 is 5.32 Å². The van der Waals surface area contributed by atoms with E-state index < -0.39 is 15.4 Å². The van der Waals surface area contributed by atoms with Crippen molar-refractivity contribution in [2.75, 3.05) is 16.8 Å². The average Bonchev–Trinajstić information content (AvgIpc) is 2.83. The van der Waals surface area contributed by atoms with E-state index in [4.69, 9.17) is 0 Å². The van der Waals surface area contributed by atoms with Gasteiger partial charge in [-0.25, -0.2) is 18.4 Å². The molecule has 0 bridgehead atoms. The van der Waals surface area contributed by atoms with Gasteiger partial charge in [-0.05, 0) is 31.7 Å². The van der Waals surface area contributed by atoms with E-state index in [0.717, 1.165) is 16.0 Å². The van der Waals surface area contributed by atoms with E-state index in [1.165, 1.54) is 0 Å². The van der Waals surface area contributed by atoms with Crippen LogP contribution >= 0.6 is 11.3 Å². The summed E-state index contributed by atoms with van der Waals surface area (Å²) in [4.78, 5) is 8.79. The van der Waals surface area contributed by atoms with Crippen molar-refractivity contribution in [1.82, 2.24) is 9.97 Å². The van der Waals surface area contributed by atoms with Gasteiger partial charge in [0.1, 0.15) is 11.6 Å². The first-order valence-corrected chi connectivity index (χ1v) is 8.78. The van der Waals surface area contributed by atoms with E-state index in [0.29, 0.717) is 12.2 Å². The second kappa shape index (κ2) is 4.14. The number of sulfone groups is 1. The highest BCUT2D eigenvalue weighted by atomic mass is 32.2. The highest BCUT2D eigenvalue weighted by molar-refractivity contribution is 7.91. The Morgan fingerprint density at radius 3 is 2.89 bits per heavy atom. The third-order valence-electron chi connectivity index (χ3n) is 3.34. The average molecular weight is 297 g/mol. The Morgan fingerprint density at radius 1 is 1.42 bits per heavy atom. The molecule has 0 aliphatic carbocycles. The van der Waals surface area contributed by atoms with Gasteiger partial charge in [0.2, 0.25) is 0 Å². The molecular formula is C12H15N3O2S2. The molecule has 0 spiro atoms. The van der Waals surface area contributed by atoms with Gasteiger partial charge in [0, 0.05) is 0 Å². The Balaban J connectivity index is 2.00. The number of aryl methyl sites for hydroxylation is 1. The molecule has 2 aromatic heterocycles. The van der Waals surface area contributed by atoms with Crippen molar-refractivity contribution in [3.8, 4) is 0 Å². The van der Waals surface area contributed by atoms with Crippen LogP contribution in [0, 0.1) is 6.92 Å². The Kier molecular flexibility index (Phi) is 2.79. The molecule has 3 rings (SSSR count). The van der Waals surface area contributed by atoms with E-state index in [2.05, 4.69) is 15.3 Å². The number of aromatic nitrogens is 2. The van der Waals surface area contributed by atoms with Gasteiger partial charge >= 0.3 is 0 Å². The fourth-order valence-corrected chi connectivity index (χ4v) is 5.33. The summed E-state index contributed by atoms with van der Waals surface area (Å²) >= 11 is 1.57. The molecule has 1 aliphatic rings. The largest absolute Gasteiger partial charge is 0.363 e. The molecular weight excluding hydrogens is 282 g/mol. The van der Waals surface area contributed by atoms with Crippen molar-refractivity contribution in [3.05, 3.63) is 17.3 Å². The topological polar surface area (TPSA) is 72.0 Å². The molecule has 0 radical (unpaired) electrons. The Morgan fingerprint density at radius 2 is 2.21 bits per heavy atom. The quantitative estimate of drug-likeness (QED) is 0.918. The number of hydrogen-bond acceptors (Lipinski definition) is 6. The maximum Gasteiger partial charge on any atom is 0.152 e. The lowest BCUT2D eigenvalue weighted by molar-refractivity contribution is 0.572. The molecule has 0 saturated carbocycles. The fraction of sp³-hybridized carbons (Fsp3) is 0.500. The zero-order valence-electron chi connectivity index (χ0n) is 10.8. The second-order valence-corrected chi connectivity index (χ2v) is 8.38. The molecule has 1 N–H and O–H groups in total. The van der Waals surface area contributed by atoms with Gasteiger partial charge in [0.05, 0.1) is 27.3 Å². The number of rotatable bonds is 2. The van der Waals surface area contributed by atoms with Gasteiger partial charge in [-0.1, -0.05) is 0 Å². The van der Waals surface area contributed by atoms with Crippen LogP contribution in [-0.2, 0) is 9.84 Å². The van der Waals surface area contributed by atoms with Crippen LogP contribution < -0.4 is 5.32 Å². The molecule has 1 unspecified atom stereocenters. The first-order valence-electron chi connectivity index (χ1n) is 6.07. The summed E-state index contributed by atoms with van der Waals surface area (Å²) in [6, 6.07) is 1.95. The van der Waals surface area contributed by atoms with E-state index in [-0.39, 0.29) is 11.5 Å². The van der Waals surface area contributed by atoms with Crippen molar-refractivity contribution in [2.45, 2.75) is 25.8 Å². The van der Waals surface area contributed by atoms with Crippen molar-refractivity contribution in [2.24, 2.45) is 0 Å². The van der Waals surface area contributed by atoms with Crippen LogP contribution in [0.15, 0.2) is 11.4 Å². The number of nitrogens with zero attached hydrogens (tertiary/aromatic N) is 2. The minimum atomic E-state index is -2.93. The lowest BCUT2D eigenvalue weighted by atomic mass is 10.0. The first kappa shape index (κ1) is 12.8. The van der Waals surface area contributed by atoms with Gasteiger partial charge in [-0.3, -0.25) is 0 Å². The zero-order chi connectivity index (χ0) is 13.7. The maximum absolute atomic E-state index is 11.6. The van der Waals surface area contributed by atoms with Crippen LogP contribution in [0.3, 0.4) is 0 Å². The summed E-state index contributed by atoms with van der Waals surface area (Å²) in [7, 11) is -2.93. The molecule has 102 valence electrons. The minimum Gasteiger partial charge on any atom is -0.363 e. The molecule has 0 amide bonds. The zero-order valence-corrected chi connectivity index (χ0v) is 12.4. The monoisotopic (exact) mass is 297 g/mol. The molecule has 5 nitrogen and oxygen atoms in total. The lowest BCUT2D eigenvalue weighted by Crippen LogP contribution is -2.36. The van der Waals surface area contributed by atoms with Crippen LogP contribution in [0.2, 0.25) is 0 Å². The van der Waals surface area contributed by atoms with Crippen LogP contribution in [0.1, 0.15) is 19.2 Å². The highest BCUT2D eigenvalue weighted by Gasteiger charge is 2.38.